The van der Waals surface area contributed by atoms with E-state index in [0.29, 0.717) is 4.47 Å². The highest BCUT2D eigenvalue weighted by Gasteiger charge is 2.10. The zero-order valence-corrected chi connectivity index (χ0v) is 10.9. The third-order valence-corrected chi connectivity index (χ3v) is 3.92. The molecule has 7 heteroatoms. The van der Waals surface area contributed by atoms with E-state index < -0.39 is 10.1 Å². The molecule has 0 radical (unpaired) electrons. The van der Waals surface area contributed by atoms with Crippen LogP contribution in [0.4, 0.5) is 0 Å². The summed E-state index contributed by atoms with van der Waals surface area (Å²) in [7, 11) is -4.09. The minimum atomic E-state index is -4.09. The molecule has 0 spiro atoms. The van der Waals surface area contributed by atoms with Gasteiger partial charge in [-0.05, 0) is 50.1 Å². The molecule has 13 heavy (non-hydrogen) atoms. The Morgan fingerprint density at radius 1 is 1.15 bits per heavy atom. The molecule has 1 rings (SSSR count). The number of halogens is 3. The van der Waals surface area contributed by atoms with Gasteiger partial charge in [-0.25, -0.2) is 0 Å². The molecule has 0 fully saturated rings. The topological polar surface area (TPSA) is 54.4 Å². The number of hydrogen-bond donors (Lipinski definition) is 1. The maximum absolute atomic E-state index is 10.6. The van der Waals surface area contributed by atoms with E-state index in [4.69, 9.17) is 4.55 Å². The predicted molar refractivity (Wildman–Crippen MR) is 58.9 cm³/mol. The van der Waals surface area contributed by atoms with E-state index in [1.807, 2.05) is 0 Å². The Labute approximate surface area is 98.9 Å². The van der Waals surface area contributed by atoms with E-state index in [-0.39, 0.29) is 17.3 Å². The largest absolute Gasteiger partial charge is 0.294 e. The van der Waals surface area contributed by atoms with E-state index >= 15 is 0 Å². The van der Waals surface area contributed by atoms with Crippen molar-refractivity contribution < 1.29 is 13.0 Å². The molecular weight excluding hydrogens is 347 g/mol. The van der Waals surface area contributed by atoms with Gasteiger partial charge in [-0.2, -0.15) is 8.42 Å². The van der Waals surface area contributed by atoms with Gasteiger partial charge < -0.3 is 0 Å². The molecule has 0 saturated heterocycles. The first-order valence-corrected chi connectivity index (χ1v) is 5.86. The average molecular weight is 352 g/mol. The van der Waals surface area contributed by atoms with Crippen LogP contribution in [0.5, 0.6) is 0 Å². The molecule has 1 N–H and O–H groups in total. The molecule has 3 nitrogen and oxygen atoms in total. The van der Waals surface area contributed by atoms with Crippen molar-refractivity contribution in [3.63, 3.8) is 0 Å². The smallest absolute Gasteiger partial charge is 0.282 e. The Bertz CT molecular complexity index is 404. The first kappa shape index (κ1) is 13.4. The van der Waals surface area contributed by atoms with Gasteiger partial charge in [0.25, 0.3) is 10.1 Å². The highest BCUT2D eigenvalue weighted by atomic mass is 79.9. The van der Waals surface area contributed by atoms with E-state index in [9.17, 15) is 8.42 Å². The monoisotopic (exact) mass is 350 g/mol. The Kier molecular flexibility index (Phi) is 4.88. The first-order chi connectivity index (χ1) is 5.41. The van der Waals surface area contributed by atoms with Crippen molar-refractivity contribution in [2.75, 3.05) is 0 Å². The summed E-state index contributed by atoms with van der Waals surface area (Å²) in [6.45, 7) is 0. The van der Waals surface area contributed by atoms with E-state index in [1.165, 1.54) is 18.2 Å². The lowest BCUT2D eigenvalue weighted by Crippen LogP contribution is -1.97. The van der Waals surface area contributed by atoms with Crippen LogP contribution in [0.3, 0.4) is 0 Å². The SMILES string of the molecule is Cl.O=S(=O)(O)c1ccc(Br)c(Br)c1. The fourth-order valence-electron chi connectivity index (χ4n) is 0.637. The quantitative estimate of drug-likeness (QED) is 0.791. The van der Waals surface area contributed by atoms with Gasteiger partial charge in [-0.15, -0.1) is 12.4 Å². The lowest BCUT2D eigenvalue weighted by atomic mass is 10.4. The summed E-state index contributed by atoms with van der Waals surface area (Å²) in [6.07, 6.45) is 0. The molecule has 74 valence electrons. The third kappa shape index (κ3) is 3.55. The van der Waals surface area contributed by atoms with E-state index in [2.05, 4.69) is 31.9 Å². The number of hydrogen-bond acceptors (Lipinski definition) is 2. The Hall–Kier alpha value is 0.380. The summed E-state index contributed by atoms with van der Waals surface area (Å²) in [5, 5.41) is 0. The molecule has 0 aliphatic rings. The van der Waals surface area contributed by atoms with Crippen LogP contribution in [-0.2, 0) is 10.1 Å². The van der Waals surface area contributed by atoms with Gasteiger partial charge in [-0.3, -0.25) is 4.55 Å². The van der Waals surface area contributed by atoms with Gasteiger partial charge >= 0.3 is 0 Å². The molecular formula is C6H5Br2ClO3S. The highest BCUT2D eigenvalue weighted by Crippen LogP contribution is 2.25. The number of benzene rings is 1. The fourth-order valence-corrected chi connectivity index (χ4v) is 1.92. The first-order valence-electron chi connectivity index (χ1n) is 2.84. The number of rotatable bonds is 1. The van der Waals surface area contributed by atoms with Crippen molar-refractivity contribution in [3.8, 4) is 0 Å². The van der Waals surface area contributed by atoms with Gasteiger partial charge in [-0.1, -0.05) is 0 Å². The van der Waals surface area contributed by atoms with Crippen LogP contribution in [0.2, 0.25) is 0 Å². The Morgan fingerprint density at radius 3 is 2.08 bits per heavy atom. The maximum atomic E-state index is 10.6. The van der Waals surface area contributed by atoms with E-state index in [1.54, 1.807) is 0 Å². The highest BCUT2D eigenvalue weighted by molar-refractivity contribution is 9.13. The van der Waals surface area contributed by atoms with Crippen molar-refractivity contribution in [1.82, 2.24) is 0 Å². The van der Waals surface area contributed by atoms with Crippen molar-refractivity contribution >= 4 is 54.4 Å². The summed E-state index contributed by atoms with van der Waals surface area (Å²) in [4.78, 5) is -0.127. The van der Waals surface area contributed by atoms with Gasteiger partial charge in [0.2, 0.25) is 0 Å². The van der Waals surface area contributed by atoms with Crippen molar-refractivity contribution in [2.45, 2.75) is 4.90 Å². The Morgan fingerprint density at radius 2 is 1.69 bits per heavy atom. The third-order valence-electron chi connectivity index (χ3n) is 1.19. The zero-order valence-electron chi connectivity index (χ0n) is 6.07. The second-order valence-corrected chi connectivity index (χ2v) is 5.18. The lowest BCUT2D eigenvalue weighted by molar-refractivity contribution is 0.483. The van der Waals surface area contributed by atoms with Gasteiger partial charge in [0.05, 0.1) is 4.90 Å². The molecule has 0 atom stereocenters. The molecule has 0 aromatic heterocycles. The van der Waals surface area contributed by atoms with Crippen LogP contribution in [0.15, 0.2) is 32.0 Å². The molecule has 0 amide bonds. The molecule has 1 aromatic rings. The van der Waals surface area contributed by atoms with Crippen LogP contribution in [0.1, 0.15) is 0 Å². The maximum Gasteiger partial charge on any atom is 0.294 e. The molecule has 0 heterocycles. The average Bonchev–Trinajstić information content (AvgIpc) is 1.92. The van der Waals surface area contributed by atoms with Gasteiger partial charge in [0.1, 0.15) is 0 Å². The Balaban J connectivity index is 0.00000144. The van der Waals surface area contributed by atoms with Crippen LogP contribution < -0.4 is 0 Å². The normalized spacial score (nSPS) is 10.7. The summed E-state index contributed by atoms with van der Waals surface area (Å²) in [5.74, 6) is 0. The summed E-state index contributed by atoms with van der Waals surface area (Å²) in [6, 6.07) is 4.16. The standard InChI is InChI=1S/C6H4Br2O3S.ClH/c7-5-2-1-4(3-6(5)8)12(9,10)11;/h1-3H,(H,9,10,11);1H. The van der Waals surface area contributed by atoms with Crippen molar-refractivity contribution in [3.05, 3.63) is 27.1 Å². The van der Waals surface area contributed by atoms with Crippen LogP contribution >= 0.6 is 44.3 Å². The van der Waals surface area contributed by atoms with Crippen molar-refractivity contribution in [2.24, 2.45) is 0 Å². The molecule has 0 unspecified atom stereocenters. The molecule has 1 aromatic carbocycles. The van der Waals surface area contributed by atoms with Crippen LogP contribution in [0.25, 0.3) is 0 Å². The summed E-state index contributed by atoms with van der Waals surface area (Å²) >= 11 is 6.29. The minimum Gasteiger partial charge on any atom is -0.282 e. The minimum absolute atomic E-state index is 0. The second kappa shape index (κ2) is 4.75. The van der Waals surface area contributed by atoms with Crippen LogP contribution in [-0.4, -0.2) is 13.0 Å². The lowest BCUT2D eigenvalue weighted by Gasteiger charge is -1.98. The fraction of sp³-hybridized carbons (Fsp3) is 0. The van der Waals surface area contributed by atoms with E-state index in [0.717, 1.165) is 4.47 Å². The van der Waals surface area contributed by atoms with Gasteiger partial charge in [0, 0.05) is 8.95 Å². The molecule has 0 bridgehead atoms. The molecule has 0 aliphatic heterocycles. The second-order valence-electron chi connectivity index (χ2n) is 2.05. The molecule has 0 aliphatic carbocycles. The van der Waals surface area contributed by atoms with Gasteiger partial charge in [0.15, 0.2) is 0 Å². The summed E-state index contributed by atoms with van der Waals surface area (Å²) in [5.41, 5.74) is 0. The van der Waals surface area contributed by atoms with Crippen molar-refractivity contribution in [1.29, 1.82) is 0 Å². The summed E-state index contributed by atoms with van der Waals surface area (Å²) < 4.78 is 31.2. The zero-order chi connectivity index (χ0) is 9.35. The van der Waals surface area contributed by atoms with Crippen LogP contribution in [0, 0.1) is 0 Å². The molecule has 0 saturated carbocycles. The predicted octanol–water partition coefficient (Wildman–Crippen LogP) is 2.88.